The van der Waals surface area contributed by atoms with Crippen LogP contribution in [0.1, 0.15) is 32.1 Å². The smallest absolute Gasteiger partial charge is 0.308 e. The maximum absolute atomic E-state index is 11.1. The first-order valence-corrected chi connectivity index (χ1v) is 6.23. The second-order valence-corrected chi connectivity index (χ2v) is 4.53. The highest BCUT2D eigenvalue weighted by Gasteiger charge is 2.30. The molecule has 0 aromatic heterocycles. The maximum atomic E-state index is 11.1. The summed E-state index contributed by atoms with van der Waals surface area (Å²) in [6, 6.07) is 0. The van der Waals surface area contributed by atoms with E-state index in [4.69, 9.17) is 14.2 Å². The Labute approximate surface area is 101 Å². The van der Waals surface area contributed by atoms with E-state index < -0.39 is 0 Å². The van der Waals surface area contributed by atoms with E-state index in [0.717, 1.165) is 25.9 Å². The van der Waals surface area contributed by atoms with Crippen LogP contribution in [0.15, 0.2) is 0 Å². The number of carbonyl (C=O) groups excluding carboxylic acids is 1. The van der Waals surface area contributed by atoms with Crippen molar-refractivity contribution in [3.8, 4) is 0 Å². The number of hydrogen-bond donors (Lipinski definition) is 0. The molecule has 17 heavy (non-hydrogen) atoms. The van der Waals surface area contributed by atoms with Crippen molar-refractivity contribution in [3.05, 3.63) is 0 Å². The van der Waals surface area contributed by atoms with E-state index in [0.29, 0.717) is 6.61 Å². The molecule has 2 heterocycles. The Hall–Kier alpha value is -0.650. The van der Waals surface area contributed by atoms with Gasteiger partial charge in [0.25, 0.3) is 0 Å². The van der Waals surface area contributed by atoms with Gasteiger partial charge in [-0.2, -0.15) is 0 Å². The van der Waals surface area contributed by atoms with Gasteiger partial charge in [-0.25, -0.2) is 0 Å². The van der Waals surface area contributed by atoms with Crippen LogP contribution in [-0.4, -0.2) is 44.8 Å². The van der Waals surface area contributed by atoms with Crippen LogP contribution >= 0.6 is 0 Å². The van der Waals surface area contributed by atoms with Crippen LogP contribution in [0, 0.1) is 0 Å². The summed E-state index contributed by atoms with van der Waals surface area (Å²) in [5, 5.41) is 0. The summed E-state index contributed by atoms with van der Waals surface area (Å²) in [7, 11) is 1.38. The third-order valence-electron chi connectivity index (χ3n) is 3.16. The van der Waals surface area contributed by atoms with E-state index in [9.17, 15) is 4.79 Å². The molecule has 2 saturated heterocycles. The summed E-state index contributed by atoms with van der Waals surface area (Å²) in [5.74, 6) is -0.256. The highest BCUT2D eigenvalue weighted by Crippen LogP contribution is 2.23. The molecular weight excluding hydrogens is 224 g/mol. The Balaban J connectivity index is 1.68. The van der Waals surface area contributed by atoms with Crippen LogP contribution in [0.5, 0.6) is 0 Å². The molecule has 2 aliphatic heterocycles. The fraction of sp³-hybridized carbons (Fsp3) is 0.917. The summed E-state index contributed by atoms with van der Waals surface area (Å²) < 4.78 is 21.4. The first kappa shape index (κ1) is 12.8. The molecule has 2 aliphatic rings. The second kappa shape index (κ2) is 6.33. The zero-order valence-electron chi connectivity index (χ0n) is 10.2. The van der Waals surface area contributed by atoms with E-state index in [1.165, 1.54) is 13.5 Å². The molecule has 0 amide bonds. The van der Waals surface area contributed by atoms with Crippen molar-refractivity contribution in [1.82, 2.24) is 0 Å². The van der Waals surface area contributed by atoms with Gasteiger partial charge in [0, 0.05) is 13.0 Å². The Morgan fingerprint density at radius 2 is 2.18 bits per heavy atom. The summed E-state index contributed by atoms with van der Waals surface area (Å²) in [5.41, 5.74) is 0. The molecular formula is C12H20O5. The number of rotatable bonds is 4. The van der Waals surface area contributed by atoms with E-state index in [1.807, 2.05) is 0 Å². The van der Waals surface area contributed by atoms with E-state index in [-0.39, 0.29) is 30.9 Å². The Morgan fingerprint density at radius 1 is 1.29 bits per heavy atom. The minimum absolute atomic E-state index is 0.170. The quantitative estimate of drug-likeness (QED) is 0.697. The van der Waals surface area contributed by atoms with Gasteiger partial charge in [0.15, 0.2) is 6.29 Å². The van der Waals surface area contributed by atoms with Crippen molar-refractivity contribution in [2.24, 2.45) is 0 Å². The zero-order valence-corrected chi connectivity index (χ0v) is 10.2. The first-order chi connectivity index (χ1) is 8.28. The zero-order chi connectivity index (χ0) is 12.1. The SMILES string of the molecule is COC(=O)CC1COC(CC2CCCCO2)O1. The van der Waals surface area contributed by atoms with Crippen LogP contribution in [0.3, 0.4) is 0 Å². The average molecular weight is 244 g/mol. The van der Waals surface area contributed by atoms with Crippen molar-refractivity contribution in [3.63, 3.8) is 0 Å². The molecule has 0 aliphatic carbocycles. The Kier molecular flexibility index (Phi) is 4.76. The summed E-state index contributed by atoms with van der Waals surface area (Å²) in [6.07, 6.45) is 4.30. The minimum atomic E-state index is -0.256. The Morgan fingerprint density at radius 3 is 2.88 bits per heavy atom. The number of ether oxygens (including phenoxy) is 4. The standard InChI is InChI=1S/C12H20O5/c1-14-11(13)6-10-8-16-12(17-10)7-9-4-2-3-5-15-9/h9-10,12H,2-8H2,1H3. The van der Waals surface area contributed by atoms with Crippen LogP contribution in [-0.2, 0) is 23.7 Å². The lowest BCUT2D eigenvalue weighted by Gasteiger charge is -2.24. The third kappa shape index (κ3) is 3.94. The first-order valence-electron chi connectivity index (χ1n) is 6.23. The highest BCUT2D eigenvalue weighted by atomic mass is 16.7. The molecule has 0 aromatic carbocycles. The molecule has 5 nitrogen and oxygen atoms in total. The predicted molar refractivity (Wildman–Crippen MR) is 59.5 cm³/mol. The van der Waals surface area contributed by atoms with E-state index in [2.05, 4.69) is 4.74 Å². The van der Waals surface area contributed by atoms with Gasteiger partial charge in [-0.1, -0.05) is 0 Å². The summed E-state index contributed by atoms with van der Waals surface area (Å²) >= 11 is 0. The molecule has 0 bridgehead atoms. The lowest BCUT2D eigenvalue weighted by molar-refractivity contribution is -0.144. The van der Waals surface area contributed by atoms with Gasteiger partial charge in [-0.15, -0.1) is 0 Å². The van der Waals surface area contributed by atoms with E-state index >= 15 is 0 Å². The maximum Gasteiger partial charge on any atom is 0.308 e. The predicted octanol–water partition coefficient (Wildman–Crippen LogP) is 1.25. The van der Waals surface area contributed by atoms with Gasteiger partial charge in [-0.3, -0.25) is 4.79 Å². The highest BCUT2D eigenvalue weighted by molar-refractivity contribution is 5.69. The molecule has 5 heteroatoms. The van der Waals surface area contributed by atoms with Crippen LogP contribution in [0.2, 0.25) is 0 Å². The number of methoxy groups -OCH3 is 1. The number of hydrogen-bond acceptors (Lipinski definition) is 5. The molecule has 0 aromatic rings. The fourth-order valence-electron chi connectivity index (χ4n) is 2.22. The minimum Gasteiger partial charge on any atom is -0.469 e. The van der Waals surface area contributed by atoms with Crippen LogP contribution in [0.4, 0.5) is 0 Å². The molecule has 0 saturated carbocycles. The number of esters is 1. The van der Waals surface area contributed by atoms with Gasteiger partial charge in [0.1, 0.15) is 0 Å². The van der Waals surface area contributed by atoms with Gasteiger partial charge < -0.3 is 18.9 Å². The van der Waals surface area contributed by atoms with Gasteiger partial charge in [0.2, 0.25) is 0 Å². The van der Waals surface area contributed by atoms with Crippen molar-refractivity contribution >= 4 is 5.97 Å². The molecule has 0 N–H and O–H groups in total. The number of carbonyl (C=O) groups is 1. The van der Waals surface area contributed by atoms with Crippen molar-refractivity contribution < 1.29 is 23.7 Å². The van der Waals surface area contributed by atoms with Gasteiger partial charge >= 0.3 is 5.97 Å². The molecule has 2 rings (SSSR count). The monoisotopic (exact) mass is 244 g/mol. The van der Waals surface area contributed by atoms with Gasteiger partial charge in [-0.05, 0) is 19.3 Å². The van der Waals surface area contributed by atoms with Crippen molar-refractivity contribution in [2.75, 3.05) is 20.3 Å². The summed E-state index contributed by atoms with van der Waals surface area (Å²) in [4.78, 5) is 11.1. The molecule has 2 fully saturated rings. The fourth-order valence-corrected chi connectivity index (χ4v) is 2.22. The molecule has 3 unspecified atom stereocenters. The molecule has 0 radical (unpaired) electrons. The van der Waals surface area contributed by atoms with Crippen molar-refractivity contribution in [1.29, 1.82) is 0 Å². The second-order valence-electron chi connectivity index (χ2n) is 4.53. The summed E-state index contributed by atoms with van der Waals surface area (Å²) in [6.45, 7) is 1.30. The van der Waals surface area contributed by atoms with Crippen LogP contribution < -0.4 is 0 Å². The lowest BCUT2D eigenvalue weighted by atomic mass is 10.1. The largest absolute Gasteiger partial charge is 0.469 e. The topological polar surface area (TPSA) is 54.0 Å². The normalized spacial score (nSPS) is 33.6. The van der Waals surface area contributed by atoms with Crippen molar-refractivity contribution in [2.45, 2.75) is 50.6 Å². The lowest BCUT2D eigenvalue weighted by Crippen LogP contribution is -2.26. The molecule has 98 valence electrons. The van der Waals surface area contributed by atoms with Crippen LogP contribution in [0.25, 0.3) is 0 Å². The molecule has 0 spiro atoms. The molecule has 3 atom stereocenters. The average Bonchev–Trinajstić information content (AvgIpc) is 2.77. The van der Waals surface area contributed by atoms with E-state index in [1.54, 1.807) is 0 Å². The van der Waals surface area contributed by atoms with Gasteiger partial charge in [0.05, 0.1) is 32.3 Å². The third-order valence-corrected chi connectivity index (χ3v) is 3.16. The Bertz CT molecular complexity index is 249.